The topological polar surface area (TPSA) is 60.0 Å². The first kappa shape index (κ1) is 21.1. The van der Waals surface area contributed by atoms with Gasteiger partial charge < -0.3 is 20.4 Å². The van der Waals surface area contributed by atoms with E-state index >= 15 is 0 Å². The number of hydrogen-bond donors (Lipinski definition) is 2. The van der Waals surface area contributed by atoms with Crippen molar-refractivity contribution in [3.63, 3.8) is 0 Å². The molecule has 31 heavy (non-hydrogen) atoms. The van der Waals surface area contributed by atoms with E-state index in [1.165, 1.54) is 0 Å². The smallest absolute Gasteiger partial charge is 0.229 e. The molecule has 2 heterocycles. The largest absolute Gasteiger partial charge is 0.348 e. The molecule has 4 rings (SSSR count). The average Bonchev–Trinajstić information content (AvgIpc) is 2.81. The van der Waals surface area contributed by atoms with Crippen LogP contribution < -0.4 is 15.5 Å². The number of amides is 1. The molecule has 6 heteroatoms. The fourth-order valence-electron chi connectivity index (χ4n) is 4.26. The first-order chi connectivity index (χ1) is 15.0. The van der Waals surface area contributed by atoms with Crippen LogP contribution in [-0.4, -0.2) is 49.9 Å². The van der Waals surface area contributed by atoms with Crippen molar-refractivity contribution in [2.24, 2.45) is 10.9 Å². The number of nitrogens with one attached hydrogen (secondary N) is 2. The summed E-state index contributed by atoms with van der Waals surface area (Å²) in [6.07, 6.45) is 1.90. The number of fused-ring (bicyclic) bond motifs is 1. The number of carbonyl (C=O) groups excluding carboxylic acids is 1. The molecule has 0 bridgehead atoms. The van der Waals surface area contributed by atoms with Crippen molar-refractivity contribution in [1.29, 1.82) is 0 Å². The Morgan fingerprint density at radius 2 is 1.81 bits per heavy atom. The van der Waals surface area contributed by atoms with Gasteiger partial charge in [0.05, 0.1) is 5.92 Å². The van der Waals surface area contributed by atoms with Crippen LogP contribution in [0, 0.1) is 5.92 Å². The number of piperazine rings is 1. The van der Waals surface area contributed by atoms with Gasteiger partial charge in [0.2, 0.25) is 5.91 Å². The number of amidine groups is 1. The monoisotopic (exact) mass is 417 g/mol. The highest BCUT2D eigenvalue weighted by atomic mass is 16.2. The van der Waals surface area contributed by atoms with E-state index in [4.69, 9.17) is 4.99 Å². The molecular weight excluding hydrogens is 386 g/mol. The van der Waals surface area contributed by atoms with E-state index in [0.29, 0.717) is 0 Å². The molecule has 2 N–H and O–H groups in total. The van der Waals surface area contributed by atoms with Gasteiger partial charge in [-0.15, -0.1) is 0 Å². The van der Waals surface area contributed by atoms with Gasteiger partial charge in [0.25, 0.3) is 0 Å². The van der Waals surface area contributed by atoms with E-state index in [1.807, 2.05) is 49.1 Å². The lowest BCUT2D eigenvalue weighted by Gasteiger charge is -2.34. The van der Waals surface area contributed by atoms with E-state index in [9.17, 15) is 4.79 Å². The number of rotatable bonds is 4. The van der Waals surface area contributed by atoms with Crippen LogP contribution in [0.1, 0.15) is 31.1 Å². The summed E-state index contributed by atoms with van der Waals surface area (Å²) < 4.78 is 0. The maximum Gasteiger partial charge on any atom is 0.229 e. The summed E-state index contributed by atoms with van der Waals surface area (Å²) >= 11 is 0. The van der Waals surface area contributed by atoms with Crippen molar-refractivity contribution in [2.45, 2.75) is 20.0 Å². The number of anilines is 1. The second kappa shape index (κ2) is 9.35. The molecule has 0 aliphatic carbocycles. The van der Waals surface area contributed by atoms with Gasteiger partial charge >= 0.3 is 0 Å². The van der Waals surface area contributed by atoms with E-state index in [1.54, 1.807) is 0 Å². The number of benzene rings is 2. The molecule has 2 aromatic carbocycles. The minimum atomic E-state index is -0.183. The lowest BCUT2D eigenvalue weighted by Crippen LogP contribution is -2.48. The molecular formula is C25H31N5O. The van der Waals surface area contributed by atoms with E-state index < -0.39 is 0 Å². The SMILES string of the molecule is C/C(=C\C(C)C(=O)N1CCNCC1)NC1=NC(c2ccccc2)N(C)c2ccccc21. The van der Waals surface area contributed by atoms with Crippen molar-refractivity contribution in [3.05, 3.63) is 77.5 Å². The number of aliphatic imine (C=N–C) groups is 1. The van der Waals surface area contributed by atoms with E-state index in [2.05, 4.69) is 52.9 Å². The minimum Gasteiger partial charge on any atom is -0.348 e. The third kappa shape index (κ3) is 4.64. The van der Waals surface area contributed by atoms with Crippen molar-refractivity contribution in [3.8, 4) is 0 Å². The van der Waals surface area contributed by atoms with Gasteiger partial charge in [0, 0.05) is 50.2 Å². The van der Waals surface area contributed by atoms with Crippen LogP contribution in [0.4, 0.5) is 5.69 Å². The molecule has 0 aromatic heterocycles. The molecule has 6 nitrogen and oxygen atoms in total. The molecule has 2 aliphatic rings. The Morgan fingerprint density at radius 1 is 1.13 bits per heavy atom. The predicted molar refractivity (Wildman–Crippen MR) is 126 cm³/mol. The van der Waals surface area contributed by atoms with Crippen molar-refractivity contribution < 1.29 is 4.79 Å². The molecule has 1 amide bonds. The molecule has 2 aromatic rings. The second-order valence-electron chi connectivity index (χ2n) is 8.23. The van der Waals surface area contributed by atoms with Crippen LogP contribution in [0.15, 0.2) is 71.4 Å². The number of carbonyl (C=O) groups is 1. The van der Waals surface area contributed by atoms with Crippen molar-refractivity contribution >= 4 is 17.4 Å². The lowest BCUT2D eigenvalue weighted by atomic mass is 10.0. The predicted octanol–water partition coefficient (Wildman–Crippen LogP) is 3.14. The van der Waals surface area contributed by atoms with Crippen LogP contribution in [0.2, 0.25) is 0 Å². The highest BCUT2D eigenvalue weighted by Gasteiger charge is 2.27. The summed E-state index contributed by atoms with van der Waals surface area (Å²) in [7, 11) is 2.08. The van der Waals surface area contributed by atoms with Gasteiger partial charge in [-0.05, 0) is 24.6 Å². The molecule has 1 fully saturated rings. The Balaban J connectivity index is 1.57. The van der Waals surface area contributed by atoms with Crippen LogP contribution in [0.25, 0.3) is 0 Å². The molecule has 0 saturated carbocycles. The standard InChI is InChI=1S/C25H31N5O/c1-18(25(31)30-15-13-26-14-16-30)17-19(2)27-23-21-11-7-8-12-22(21)29(3)24(28-23)20-9-5-4-6-10-20/h4-12,17-18,24,26H,13-16H2,1-3H3,(H,27,28)/b19-17+. The summed E-state index contributed by atoms with van der Waals surface area (Å²) in [5, 5.41) is 6.78. The highest BCUT2D eigenvalue weighted by molar-refractivity contribution is 6.06. The minimum absolute atomic E-state index is 0.105. The van der Waals surface area contributed by atoms with Crippen molar-refractivity contribution in [1.82, 2.24) is 15.5 Å². The third-order valence-electron chi connectivity index (χ3n) is 5.89. The van der Waals surface area contributed by atoms with Gasteiger partial charge in [-0.1, -0.05) is 55.5 Å². The zero-order chi connectivity index (χ0) is 21.8. The van der Waals surface area contributed by atoms with E-state index in [0.717, 1.165) is 54.5 Å². The molecule has 2 aliphatic heterocycles. The number of hydrogen-bond acceptors (Lipinski definition) is 5. The maximum absolute atomic E-state index is 12.8. The molecule has 0 radical (unpaired) electrons. The quantitative estimate of drug-likeness (QED) is 0.802. The molecule has 2 atom stereocenters. The normalized spacial score (nSPS) is 20.0. The number of nitrogens with zero attached hydrogens (tertiary/aromatic N) is 3. The van der Waals surface area contributed by atoms with Gasteiger partial charge in [0.1, 0.15) is 12.0 Å². The summed E-state index contributed by atoms with van der Waals surface area (Å²) in [6, 6.07) is 18.6. The van der Waals surface area contributed by atoms with Crippen molar-refractivity contribution in [2.75, 3.05) is 38.1 Å². The second-order valence-corrected chi connectivity index (χ2v) is 8.23. The first-order valence-corrected chi connectivity index (χ1v) is 10.9. The Kier molecular flexibility index (Phi) is 6.37. The maximum atomic E-state index is 12.8. The summed E-state index contributed by atoms with van der Waals surface area (Å²) in [5.74, 6) is 0.825. The van der Waals surface area contributed by atoms with Gasteiger partial charge in [-0.25, -0.2) is 4.99 Å². The van der Waals surface area contributed by atoms with Crippen LogP contribution >= 0.6 is 0 Å². The summed E-state index contributed by atoms with van der Waals surface area (Å²) in [6.45, 7) is 7.24. The Morgan fingerprint density at radius 3 is 2.55 bits per heavy atom. The highest BCUT2D eigenvalue weighted by Crippen LogP contribution is 2.34. The zero-order valence-electron chi connectivity index (χ0n) is 18.5. The van der Waals surface area contributed by atoms with Gasteiger partial charge in [-0.2, -0.15) is 0 Å². The number of allylic oxidation sites excluding steroid dienone is 1. The molecule has 2 unspecified atom stereocenters. The first-order valence-electron chi connectivity index (χ1n) is 10.9. The molecule has 1 saturated heterocycles. The summed E-state index contributed by atoms with van der Waals surface area (Å²) in [4.78, 5) is 22.0. The fraction of sp³-hybridized carbons (Fsp3) is 0.360. The Hall–Kier alpha value is -3.12. The zero-order valence-corrected chi connectivity index (χ0v) is 18.5. The van der Waals surface area contributed by atoms with Gasteiger partial charge in [0.15, 0.2) is 0 Å². The lowest BCUT2D eigenvalue weighted by molar-refractivity contribution is -0.134. The summed E-state index contributed by atoms with van der Waals surface area (Å²) in [5.41, 5.74) is 4.27. The third-order valence-corrected chi connectivity index (χ3v) is 5.89. The van der Waals surface area contributed by atoms with Gasteiger partial charge in [-0.3, -0.25) is 4.79 Å². The average molecular weight is 418 g/mol. The fourth-order valence-corrected chi connectivity index (χ4v) is 4.26. The van der Waals surface area contributed by atoms with Crippen LogP contribution in [0.3, 0.4) is 0 Å². The van der Waals surface area contributed by atoms with Crippen LogP contribution in [-0.2, 0) is 4.79 Å². The Labute approximate surface area is 184 Å². The Bertz CT molecular complexity index is 978. The number of para-hydroxylation sites is 1. The van der Waals surface area contributed by atoms with Crippen LogP contribution in [0.5, 0.6) is 0 Å². The molecule has 0 spiro atoms. The van der Waals surface area contributed by atoms with E-state index in [-0.39, 0.29) is 18.0 Å². The molecule has 162 valence electrons.